The SMILES string of the molecule is CC(C)CCn1c(O)c(N=NC(=O)CN2C(=O)COc3ccccc32)c2ccccc21. The highest BCUT2D eigenvalue weighted by Gasteiger charge is 2.27. The average Bonchev–Trinajstić information content (AvgIpc) is 3.03. The van der Waals surface area contributed by atoms with E-state index in [0.29, 0.717) is 29.3 Å². The van der Waals surface area contributed by atoms with Gasteiger partial charge in [0.05, 0.1) is 11.2 Å². The normalized spacial score (nSPS) is 13.8. The monoisotopic (exact) mass is 420 g/mol. The molecule has 2 heterocycles. The lowest BCUT2D eigenvalue weighted by atomic mass is 10.1. The van der Waals surface area contributed by atoms with E-state index in [-0.39, 0.29) is 30.6 Å². The number of para-hydroxylation sites is 3. The largest absolute Gasteiger partial charge is 0.493 e. The lowest BCUT2D eigenvalue weighted by molar-refractivity contribution is -0.124. The number of carbonyl (C=O) groups is 2. The first kappa shape index (κ1) is 20.6. The second kappa shape index (κ2) is 8.59. The number of rotatable bonds is 6. The molecule has 31 heavy (non-hydrogen) atoms. The van der Waals surface area contributed by atoms with Crippen molar-refractivity contribution in [1.82, 2.24) is 4.57 Å². The summed E-state index contributed by atoms with van der Waals surface area (Å²) in [6, 6.07) is 14.5. The van der Waals surface area contributed by atoms with Gasteiger partial charge in [-0.2, -0.15) is 0 Å². The van der Waals surface area contributed by atoms with Crippen LogP contribution in [-0.4, -0.2) is 34.6 Å². The van der Waals surface area contributed by atoms with E-state index < -0.39 is 5.91 Å². The molecular weight excluding hydrogens is 396 g/mol. The zero-order chi connectivity index (χ0) is 22.0. The molecule has 0 bridgehead atoms. The van der Waals surface area contributed by atoms with Gasteiger partial charge in [0.1, 0.15) is 12.3 Å². The minimum atomic E-state index is -0.594. The van der Waals surface area contributed by atoms with Crippen LogP contribution in [-0.2, 0) is 16.1 Å². The van der Waals surface area contributed by atoms with Crippen LogP contribution in [0.5, 0.6) is 11.6 Å². The predicted molar refractivity (Wildman–Crippen MR) is 117 cm³/mol. The summed E-state index contributed by atoms with van der Waals surface area (Å²) in [5.74, 6) is 0.0731. The van der Waals surface area contributed by atoms with Crippen molar-refractivity contribution in [2.24, 2.45) is 16.1 Å². The van der Waals surface area contributed by atoms with Crippen LogP contribution in [0.4, 0.5) is 11.4 Å². The Bertz CT molecular complexity index is 1170. The average molecular weight is 420 g/mol. The van der Waals surface area contributed by atoms with E-state index in [0.717, 1.165) is 11.9 Å². The standard InChI is InChI=1S/C23H24N4O4/c1-15(2)11-12-26-17-8-4-3-7-16(17)22(23(26)30)25-24-20(28)13-27-18-9-5-6-10-19(18)31-14-21(27)29/h3-10,15,30H,11-14H2,1-2H3. The Morgan fingerprint density at radius 3 is 2.71 bits per heavy atom. The minimum Gasteiger partial charge on any atom is -0.493 e. The first-order valence-corrected chi connectivity index (χ1v) is 10.2. The summed E-state index contributed by atoms with van der Waals surface area (Å²) in [7, 11) is 0. The van der Waals surface area contributed by atoms with Crippen LogP contribution in [0.25, 0.3) is 10.9 Å². The fourth-order valence-electron chi connectivity index (χ4n) is 3.58. The molecule has 2 amide bonds. The van der Waals surface area contributed by atoms with Gasteiger partial charge in [-0.1, -0.05) is 44.2 Å². The Hall–Kier alpha value is -3.68. The number of nitrogens with zero attached hydrogens (tertiary/aromatic N) is 4. The molecule has 4 rings (SSSR count). The van der Waals surface area contributed by atoms with Crippen molar-refractivity contribution in [3.8, 4) is 11.6 Å². The number of fused-ring (bicyclic) bond motifs is 2. The fourth-order valence-corrected chi connectivity index (χ4v) is 3.58. The molecule has 2 aromatic carbocycles. The van der Waals surface area contributed by atoms with Crippen molar-refractivity contribution in [2.45, 2.75) is 26.8 Å². The van der Waals surface area contributed by atoms with E-state index in [1.807, 2.05) is 24.3 Å². The second-order valence-corrected chi connectivity index (χ2v) is 7.85. The van der Waals surface area contributed by atoms with Gasteiger partial charge in [0, 0.05) is 11.9 Å². The van der Waals surface area contributed by atoms with Crippen molar-refractivity contribution >= 4 is 34.1 Å². The fraction of sp³-hybridized carbons (Fsp3) is 0.304. The van der Waals surface area contributed by atoms with E-state index in [1.54, 1.807) is 28.8 Å². The van der Waals surface area contributed by atoms with Gasteiger partial charge in [0.2, 0.25) is 5.88 Å². The summed E-state index contributed by atoms with van der Waals surface area (Å²) >= 11 is 0. The Labute approximate surface area is 179 Å². The first-order valence-electron chi connectivity index (χ1n) is 10.2. The maximum Gasteiger partial charge on any atom is 0.284 e. The second-order valence-electron chi connectivity index (χ2n) is 7.85. The van der Waals surface area contributed by atoms with Crippen molar-refractivity contribution in [3.05, 3.63) is 48.5 Å². The number of hydrogen-bond acceptors (Lipinski definition) is 5. The molecule has 160 valence electrons. The number of carbonyl (C=O) groups excluding carboxylic acids is 2. The highest BCUT2D eigenvalue weighted by atomic mass is 16.5. The van der Waals surface area contributed by atoms with Gasteiger partial charge in [-0.25, -0.2) is 0 Å². The van der Waals surface area contributed by atoms with Crippen LogP contribution < -0.4 is 9.64 Å². The number of aromatic hydroxyl groups is 1. The molecule has 1 N–H and O–H groups in total. The molecule has 0 atom stereocenters. The van der Waals surface area contributed by atoms with Crippen LogP contribution in [0.3, 0.4) is 0 Å². The summed E-state index contributed by atoms with van der Waals surface area (Å²) < 4.78 is 7.18. The Balaban J connectivity index is 1.58. The number of ether oxygens (including phenoxy) is 1. The number of anilines is 1. The summed E-state index contributed by atoms with van der Waals surface area (Å²) in [6.07, 6.45) is 0.889. The number of aromatic nitrogens is 1. The molecule has 0 saturated carbocycles. The Morgan fingerprint density at radius 2 is 1.90 bits per heavy atom. The summed E-state index contributed by atoms with van der Waals surface area (Å²) in [5, 5.41) is 19.3. The first-order chi connectivity index (χ1) is 15.0. The van der Waals surface area contributed by atoms with Crippen molar-refractivity contribution in [2.75, 3.05) is 18.1 Å². The molecule has 8 nitrogen and oxygen atoms in total. The van der Waals surface area contributed by atoms with Crippen LogP contribution in [0.1, 0.15) is 20.3 Å². The molecule has 1 aliphatic rings. The third kappa shape index (κ3) is 4.14. The number of azo groups is 1. The van der Waals surface area contributed by atoms with Gasteiger partial charge < -0.3 is 14.4 Å². The third-order valence-corrected chi connectivity index (χ3v) is 5.21. The minimum absolute atomic E-state index is 0.0220. The summed E-state index contributed by atoms with van der Waals surface area (Å²) in [4.78, 5) is 26.1. The van der Waals surface area contributed by atoms with Crippen LogP contribution in [0, 0.1) is 5.92 Å². The highest BCUT2D eigenvalue weighted by Crippen LogP contribution is 2.39. The van der Waals surface area contributed by atoms with E-state index in [4.69, 9.17) is 4.74 Å². The van der Waals surface area contributed by atoms with Crippen LogP contribution in [0.2, 0.25) is 0 Å². The maximum absolute atomic E-state index is 12.5. The number of benzene rings is 2. The molecule has 3 aromatic rings. The number of aryl methyl sites for hydroxylation is 1. The number of hydrogen-bond donors (Lipinski definition) is 1. The molecule has 1 aromatic heterocycles. The Morgan fingerprint density at radius 1 is 1.16 bits per heavy atom. The van der Waals surface area contributed by atoms with Gasteiger partial charge in [0.15, 0.2) is 12.3 Å². The third-order valence-electron chi connectivity index (χ3n) is 5.21. The van der Waals surface area contributed by atoms with Crippen molar-refractivity contribution < 1.29 is 19.4 Å². The molecule has 0 fully saturated rings. The van der Waals surface area contributed by atoms with Gasteiger partial charge >= 0.3 is 0 Å². The quantitative estimate of drug-likeness (QED) is 0.597. The molecule has 0 unspecified atom stereocenters. The van der Waals surface area contributed by atoms with Crippen molar-refractivity contribution in [1.29, 1.82) is 0 Å². The lowest BCUT2D eigenvalue weighted by Crippen LogP contribution is -2.41. The van der Waals surface area contributed by atoms with Gasteiger partial charge in [-0.05, 0) is 30.5 Å². The molecular formula is C23H24N4O4. The molecule has 0 aliphatic carbocycles. The van der Waals surface area contributed by atoms with Crippen LogP contribution in [0.15, 0.2) is 58.8 Å². The van der Waals surface area contributed by atoms with E-state index in [2.05, 4.69) is 24.1 Å². The zero-order valence-corrected chi connectivity index (χ0v) is 17.5. The van der Waals surface area contributed by atoms with E-state index in [9.17, 15) is 14.7 Å². The zero-order valence-electron chi connectivity index (χ0n) is 17.5. The van der Waals surface area contributed by atoms with Gasteiger partial charge in [-0.3, -0.25) is 14.5 Å². The summed E-state index contributed by atoms with van der Waals surface area (Å²) in [5.41, 5.74) is 1.61. The maximum atomic E-state index is 12.5. The van der Waals surface area contributed by atoms with Crippen LogP contribution >= 0.6 is 0 Å². The molecule has 0 saturated heterocycles. The molecule has 8 heteroatoms. The summed E-state index contributed by atoms with van der Waals surface area (Å²) in [6.45, 7) is 4.48. The smallest absolute Gasteiger partial charge is 0.284 e. The van der Waals surface area contributed by atoms with Crippen molar-refractivity contribution in [3.63, 3.8) is 0 Å². The Kier molecular flexibility index (Phi) is 5.70. The number of amides is 2. The van der Waals surface area contributed by atoms with E-state index in [1.165, 1.54) is 4.90 Å². The van der Waals surface area contributed by atoms with Gasteiger partial charge in [-0.15, -0.1) is 10.2 Å². The lowest BCUT2D eigenvalue weighted by Gasteiger charge is -2.27. The molecule has 1 aliphatic heterocycles. The topological polar surface area (TPSA) is 96.5 Å². The molecule has 0 spiro atoms. The predicted octanol–water partition coefficient (Wildman–Crippen LogP) is 4.43. The highest BCUT2D eigenvalue weighted by molar-refractivity contribution is 6.02. The molecule has 0 radical (unpaired) electrons. The van der Waals surface area contributed by atoms with E-state index >= 15 is 0 Å². The van der Waals surface area contributed by atoms with Gasteiger partial charge in [0.25, 0.3) is 11.8 Å².